The van der Waals surface area contributed by atoms with E-state index >= 15 is 0 Å². The van der Waals surface area contributed by atoms with Crippen LogP contribution in [0.3, 0.4) is 0 Å². The molecule has 4 aromatic rings. The monoisotopic (exact) mass is 1600 g/mol. The second-order valence-corrected chi connectivity index (χ2v) is 30.7. The van der Waals surface area contributed by atoms with Crippen LogP contribution < -0.4 is 36.2 Å². The van der Waals surface area contributed by atoms with Crippen LogP contribution in [0.25, 0.3) is 0 Å². The van der Waals surface area contributed by atoms with E-state index in [1.54, 1.807) is 35.2 Å². The number of nitrogens with one attached hydrogen (secondary N) is 5. The van der Waals surface area contributed by atoms with Gasteiger partial charge in [0, 0.05) is 86.2 Å². The number of unbranched alkanes of at least 4 members (excludes halogenated alkanes) is 5. The zero-order valence-corrected chi connectivity index (χ0v) is 66.4. The van der Waals surface area contributed by atoms with Crippen molar-refractivity contribution in [2.24, 2.45) is 5.92 Å². The molecule has 0 bridgehead atoms. The van der Waals surface area contributed by atoms with Gasteiger partial charge in [-0.05, 0) is 142 Å². The summed E-state index contributed by atoms with van der Waals surface area (Å²) in [6.45, 7) is 9.94. The van der Waals surface area contributed by atoms with E-state index in [0.717, 1.165) is 52.9 Å². The number of hydrogen-bond acceptors (Lipinski definition) is 19. The lowest BCUT2D eigenvalue weighted by molar-refractivity contribution is -0.425. The molecule has 11 N–H and O–H groups in total. The molecule has 4 aromatic carbocycles. The average molecular weight is 1600 g/mol. The van der Waals surface area contributed by atoms with E-state index in [9.17, 15) is 66.3 Å². The highest BCUT2D eigenvalue weighted by Gasteiger charge is 2.46. The molecule has 0 spiro atoms. The van der Waals surface area contributed by atoms with Gasteiger partial charge in [0.25, 0.3) is 16.0 Å². The predicted molar refractivity (Wildman–Crippen MR) is 425 cm³/mol. The van der Waals surface area contributed by atoms with E-state index in [0.29, 0.717) is 85.8 Å². The lowest BCUT2D eigenvalue weighted by Crippen LogP contribution is -2.46. The Bertz CT molecular complexity index is 4210. The van der Waals surface area contributed by atoms with Crippen molar-refractivity contribution in [3.63, 3.8) is 0 Å². The lowest BCUT2D eigenvalue weighted by Gasteiger charge is -2.27. The van der Waals surface area contributed by atoms with Crippen molar-refractivity contribution in [1.29, 1.82) is 0 Å². The number of anilines is 1. The van der Waals surface area contributed by atoms with Crippen LogP contribution in [0.4, 0.5) is 16.2 Å². The first kappa shape index (κ1) is 91.4. The van der Waals surface area contributed by atoms with Crippen LogP contribution in [0.5, 0.6) is 5.75 Å². The highest BCUT2D eigenvalue weighted by Crippen LogP contribution is 2.49. The van der Waals surface area contributed by atoms with Crippen LogP contribution in [0.1, 0.15) is 153 Å². The highest BCUT2D eigenvalue weighted by molar-refractivity contribution is 7.85. The zero-order chi connectivity index (χ0) is 82.6. The molecule has 3 atom stereocenters. The van der Waals surface area contributed by atoms with Gasteiger partial charge in [0.1, 0.15) is 29.9 Å². The van der Waals surface area contributed by atoms with Gasteiger partial charge in [-0.25, -0.2) is 9.59 Å². The van der Waals surface area contributed by atoms with E-state index in [1.807, 2.05) is 97.3 Å². The molecule has 0 fully saturated rings. The number of urea groups is 1. The van der Waals surface area contributed by atoms with Crippen LogP contribution in [-0.4, -0.2) is 213 Å². The summed E-state index contributed by atoms with van der Waals surface area (Å²) < 4.78 is 66.3. The molecule has 0 saturated carbocycles. The highest BCUT2D eigenvalue weighted by atomic mass is 32.2. The molecular weight excluding hydrogens is 1490 g/mol. The van der Waals surface area contributed by atoms with Crippen LogP contribution in [0.2, 0.25) is 0 Å². The standard InChI is InChI=1S/C84H111N7O22S/c1-83(2)66-23-14-15-24-70(66)90(56-76(97)85-40-44-109-48-50-111-46-42-92)73(83)37-29-60-20-16-21-61(30-38-74-84(3,4)67-55-65(114(106,107)108)34-36-71(67)91(74)57-77(98)86-41-45-110-49-51-112-47-43-93)79(60)113-64-32-27-59(28-33-64)52-62(80(101)102)54-72(95)69(53-58-18-10-9-11-19-58)88-75(96)25-13-8-6-5-7-12-22-63(94)31-35-68(81(103)104)89-82(105)87-39-17-26-78(99)100/h9-11,14-15,18-19,23-24,27-30,32-34,36-38,55,62,68-69,92-93H,5-8,12-13,16-17,20-22,25-26,31,35,39-54,56-57H2,1-4H3,(H8-,85,86,87,88,89,96,97,98,99,100,101,102,103,104,105,106,107,108)/p+1/t62-,68+,69+/m1/s1. The molecule has 2 heterocycles. The van der Waals surface area contributed by atoms with Gasteiger partial charge in [-0.15, -0.1) is 0 Å². The molecule has 29 nitrogen and oxygen atoms in total. The number of carboxylic acid groups (broad SMARTS) is 3. The number of ketones is 2. The summed E-state index contributed by atoms with van der Waals surface area (Å²) >= 11 is 0. The molecule has 5 amide bonds. The minimum atomic E-state index is -4.64. The SMILES string of the molecule is CC1(C)C(=CC=C2CCCC(C=CC3=[N+](CC(=O)NCCOCCOCCO)c4ccccc4C3(C)C)=C2Oc2ccc(C[C@H](CC(=O)[C@H](Cc3ccccc3)NC(=O)CCCCCCCCC(=O)CC[C@H](NC(=O)NCCCC(=O)O)C(=O)O)C(=O)O)cc2)N(CC(=O)NCCOCCOCCO)c2ccc(S(=O)(=O)O)cc21. The number of allylic oxidation sites excluding steroid dienone is 7. The number of carbonyl (C=O) groups is 9. The third-order valence-corrected chi connectivity index (χ3v) is 20.8. The Hall–Kier alpha value is -9.79. The van der Waals surface area contributed by atoms with Gasteiger partial charge >= 0.3 is 23.9 Å². The summed E-state index contributed by atoms with van der Waals surface area (Å²) in [7, 11) is -4.64. The molecular formula is C84H112N7O22S+. The summed E-state index contributed by atoms with van der Waals surface area (Å²) in [4.78, 5) is 118. The second kappa shape index (κ2) is 46.5. The number of carboxylic acids is 3. The van der Waals surface area contributed by atoms with Crippen molar-refractivity contribution in [2.45, 2.75) is 171 Å². The maximum Gasteiger partial charge on any atom is 0.326 e. The summed E-state index contributed by atoms with van der Waals surface area (Å²) in [6, 6.07) is 25.1. The number of ether oxygens (including phenoxy) is 5. The fourth-order valence-corrected chi connectivity index (χ4v) is 14.5. The summed E-state index contributed by atoms with van der Waals surface area (Å²) in [5.74, 6) is -5.39. The van der Waals surface area contributed by atoms with E-state index in [4.69, 9.17) is 39.0 Å². The maximum atomic E-state index is 14.4. The van der Waals surface area contributed by atoms with Gasteiger partial charge in [0.05, 0.1) is 88.3 Å². The normalized spacial score (nSPS) is 15.8. The number of rotatable bonds is 53. The van der Waals surface area contributed by atoms with Crippen molar-refractivity contribution in [1.82, 2.24) is 26.6 Å². The van der Waals surface area contributed by atoms with Crippen LogP contribution in [0, 0.1) is 5.92 Å². The first-order chi connectivity index (χ1) is 54.6. The quantitative estimate of drug-likeness (QED) is 0.0112. The third kappa shape index (κ3) is 29.2. The summed E-state index contributed by atoms with van der Waals surface area (Å²) in [5.41, 5.74) is 5.77. The summed E-state index contributed by atoms with van der Waals surface area (Å²) in [5, 5.41) is 60.6. The number of aliphatic hydroxyl groups is 2. The fourth-order valence-electron chi connectivity index (χ4n) is 13.9. The van der Waals surface area contributed by atoms with Gasteiger partial charge in [0.15, 0.2) is 11.5 Å². The van der Waals surface area contributed by atoms with Crippen molar-refractivity contribution < 1.29 is 110 Å². The molecule has 3 aliphatic rings. The number of nitrogens with zero attached hydrogens (tertiary/aromatic N) is 2. The van der Waals surface area contributed by atoms with E-state index in [-0.39, 0.29) is 165 Å². The molecule has 2 aliphatic heterocycles. The van der Waals surface area contributed by atoms with E-state index < -0.39 is 75.1 Å². The van der Waals surface area contributed by atoms with E-state index in [2.05, 4.69) is 40.4 Å². The Morgan fingerprint density at radius 3 is 1.84 bits per heavy atom. The van der Waals surface area contributed by atoms with Crippen molar-refractivity contribution in [2.75, 3.05) is 104 Å². The minimum absolute atomic E-state index is 0.0128. The molecule has 0 unspecified atom stereocenters. The molecule has 1 aliphatic carbocycles. The van der Waals surface area contributed by atoms with Crippen molar-refractivity contribution in [3.8, 4) is 5.75 Å². The van der Waals surface area contributed by atoms with Crippen molar-refractivity contribution >= 4 is 80.4 Å². The van der Waals surface area contributed by atoms with Crippen molar-refractivity contribution in [3.05, 3.63) is 166 Å². The maximum absolute atomic E-state index is 14.4. The smallest absolute Gasteiger partial charge is 0.326 e. The van der Waals surface area contributed by atoms with Gasteiger partial charge in [0.2, 0.25) is 24.0 Å². The lowest BCUT2D eigenvalue weighted by atomic mass is 9.81. The molecule has 620 valence electrons. The van der Waals surface area contributed by atoms with Crippen LogP contribution >= 0.6 is 0 Å². The van der Waals surface area contributed by atoms with Crippen LogP contribution in [-0.2, 0) is 91.1 Å². The first-order valence-corrected chi connectivity index (χ1v) is 40.4. The second-order valence-electron chi connectivity index (χ2n) is 29.3. The Kier molecular flexibility index (Phi) is 37.3. The Morgan fingerprint density at radius 2 is 1.20 bits per heavy atom. The third-order valence-electron chi connectivity index (χ3n) is 20.0. The number of fused-ring (bicyclic) bond motifs is 2. The number of aliphatic hydroxyl groups excluding tert-OH is 2. The van der Waals surface area contributed by atoms with Gasteiger partial charge in [-0.3, -0.25) is 38.1 Å². The first-order valence-electron chi connectivity index (χ1n) is 39.0. The number of Topliss-reactive ketones (excluding diaryl/α,β-unsaturated/α-hetero) is 2. The topological polar surface area (TPSA) is 422 Å². The number of carbonyl (C=O) groups excluding carboxylic acids is 6. The Balaban J connectivity index is 1.09. The zero-order valence-electron chi connectivity index (χ0n) is 65.6. The number of benzene rings is 4. The average Bonchev–Trinajstić information content (AvgIpc) is 1.41. The minimum Gasteiger partial charge on any atom is -0.481 e. The fraction of sp³-hybridized carbons (Fsp3) is 0.500. The molecule has 114 heavy (non-hydrogen) atoms. The largest absolute Gasteiger partial charge is 0.481 e. The predicted octanol–water partition coefficient (Wildman–Crippen LogP) is 8.29. The van der Waals surface area contributed by atoms with Gasteiger partial charge < -0.3 is 80.7 Å². The Labute approximate surface area is 666 Å². The number of hydrogen-bond donors (Lipinski definition) is 11. The number of para-hydroxylation sites is 1. The van der Waals surface area contributed by atoms with E-state index in [1.165, 1.54) is 12.1 Å². The molecule has 0 aromatic heterocycles. The van der Waals surface area contributed by atoms with Gasteiger partial charge in [-0.2, -0.15) is 13.0 Å². The summed E-state index contributed by atoms with van der Waals surface area (Å²) in [6.07, 6.45) is 13.5. The van der Waals surface area contributed by atoms with Gasteiger partial charge in [-0.1, -0.05) is 106 Å². The number of amides is 5. The molecule has 0 saturated heterocycles. The van der Waals surface area contributed by atoms with Crippen LogP contribution in [0.15, 0.2) is 149 Å². The molecule has 7 rings (SSSR count). The molecule has 0 radical (unpaired) electrons. The molecule has 30 heteroatoms. The number of aliphatic carboxylic acids is 3. The Morgan fingerprint density at radius 1 is 0.579 bits per heavy atom.